The maximum Gasteiger partial charge on any atom is 0.359 e. The number of hydrogen-bond donors (Lipinski definition) is 2. The molecule has 6 nitrogen and oxygen atoms in total. The van der Waals surface area contributed by atoms with Crippen molar-refractivity contribution in [3.05, 3.63) is 41.1 Å². The third-order valence-corrected chi connectivity index (χ3v) is 4.09. The van der Waals surface area contributed by atoms with Crippen molar-refractivity contribution in [2.24, 2.45) is 0 Å². The van der Waals surface area contributed by atoms with E-state index in [-0.39, 0.29) is 23.6 Å². The second-order valence-corrected chi connectivity index (χ2v) is 5.55. The number of aromatic nitrogens is 3. The number of benzene rings is 1. The predicted octanol–water partition coefficient (Wildman–Crippen LogP) is 2.89. The molecule has 1 aliphatic carbocycles. The van der Waals surface area contributed by atoms with Gasteiger partial charge in [0.25, 0.3) is 5.88 Å². The van der Waals surface area contributed by atoms with Gasteiger partial charge in [-0.25, -0.2) is 18.7 Å². The quantitative estimate of drug-likeness (QED) is 0.903. The number of carbonyl (C=O) groups is 1. The largest absolute Gasteiger partial charge is 0.476 e. The van der Waals surface area contributed by atoms with Crippen LogP contribution in [-0.4, -0.2) is 32.6 Å². The molecule has 0 spiro atoms. The summed E-state index contributed by atoms with van der Waals surface area (Å²) in [6, 6.07) is 3.64. The molecule has 0 atom stereocenters. The molecule has 1 saturated carbocycles. The molecule has 0 saturated heterocycles. The standard InChI is InChI=1S/C15H15F2N3O3/c16-9-3-6-11(12(17)7-9)8-1-4-10(5-2-8)23-14-13(15(21)22)18-20-19-14/h3,6-8,10H,1-2,4-5H2,(H,21,22)(H,18,19,20). The van der Waals surface area contributed by atoms with Gasteiger partial charge in [0.2, 0.25) is 5.69 Å². The number of hydrogen-bond acceptors (Lipinski definition) is 4. The Labute approximate surface area is 130 Å². The fourth-order valence-electron chi connectivity index (χ4n) is 2.92. The fraction of sp³-hybridized carbons (Fsp3) is 0.400. The Hall–Kier alpha value is -2.51. The molecular weight excluding hydrogens is 308 g/mol. The van der Waals surface area contributed by atoms with Crippen LogP contribution in [0.1, 0.15) is 47.7 Å². The van der Waals surface area contributed by atoms with Crippen LogP contribution in [-0.2, 0) is 0 Å². The number of rotatable bonds is 4. The molecule has 3 rings (SSSR count). The van der Waals surface area contributed by atoms with Crippen molar-refractivity contribution < 1.29 is 23.4 Å². The number of carboxylic acid groups (broad SMARTS) is 1. The highest BCUT2D eigenvalue weighted by molar-refractivity contribution is 5.87. The number of aromatic carboxylic acids is 1. The first-order chi connectivity index (χ1) is 11.0. The first-order valence-electron chi connectivity index (χ1n) is 7.30. The molecule has 1 aromatic heterocycles. The maximum atomic E-state index is 13.8. The molecule has 1 fully saturated rings. The molecule has 1 aromatic carbocycles. The lowest BCUT2D eigenvalue weighted by molar-refractivity contribution is 0.0677. The van der Waals surface area contributed by atoms with Gasteiger partial charge < -0.3 is 9.84 Å². The minimum Gasteiger partial charge on any atom is -0.476 e. The van der Waals surface area contributed by atoms with Gasteiger partial charge in [-0.15, -0.1) is 0 Å². The molecule has 0 radical (unpaired) electrons. The average molecular weight is 323 g/mol. The van der Waals surface area contributed by atoms with Gasteiger partial charge in [0.05, 0.1) is 0 Å². The Kier molecular flexibility index (Phi) is 4.22. The predicted molar refractivity (Wildman–Crippen MR) is 75.3 cm³/mol. The summed E-state index contributed by atoms with van der Waals surface area (Å²) in [4.78, 5) is 11.0. The molecule has 8 heteroatoms. The number of aromatic amines is 1. The van der Waals surface area contributed by atoms with Gasteiger partial charge in [-0.1, -0.05) is 16.4 Å². The van der Waals surface area contributed by atoms with Gasteiger partial charge in [-0.2, -0.15) is 0 Å². The summed E-state index contributed by atoms with van der Waals surface area (Å²) < 4.78 is 32.4. The van der Waals surface area contributed by atoms with Crippen molar-refractivity contribution in [3.63, 3.8) is 0 Å². The molecule has 1 heterocycles. The van der Waals surface area contributed by atoms with Crippen LogP contribution in [0.25, 0.3) is 0 Å². The summed E-state index contributed by atoms with van der Waals surface area (Å²) in [6.45, 7) is 0. The first kappa shape index (κ1) is 15.4. The zero-order valence-electron chi connectivity index (χ0n) is 12.1. The van der Waals surface area contributed by atoms with Crippen LogP contribution < -0.4 is 4.74 Å². The monoisotopic (exact) mass is 323 g/mol. The maximum absolute atomic E-state index is 13.8. The van der Waals surface area contributed by atoms with Gasteiger partial charge in [0.1, 0.15) is 17.7 Å². The van der Waals surface area contributed by atoms with E-state index in [2.05, 4.69) is 15.4 Å². The van der Waals surface area contributed by atoms with Gasteiger partial charge in [0.15, 0.2) is 0 Å². The average Bonchev–Trinajstić information content (AvgIpc) is 2.97. The lowest BCUT2D eigenvalue weighted by atomic mass is 9.82. The highest BCUT2D eigenvalue weighted by Gasteiger charge is 2.27. The fourth-order valence-corrected chi connectivity index (χ4v) is 2.92. The summed E-state index contributed by atoms with van der Waals surface area (Å²) in [7, 11) is 0. The summed E-state index contributed by atoms with van der Waals surface area (Å²) in [5.74, 6) is -2.33. The smallest absolute Gasteiger partial charge is 0.359 e. The molecule has 0 bridgehead atoms. The molecular formula is C15H15F2N3O3. The van der Waals surface area contributed by atoms with Crippen molar-refractivity contribution in [3.8, 4) is 5.88 Å². The van der Waals surface area contributed by atoms with Crippen LogP contribution in [0.15, 0.2) is 18.2 Å². The molecule has 0 aliphatic heterocycles. The van der Waals surface area contributed by atoms with E-state index >= 15 is 0 Å². The highest BCUT2D eigenvalue weighted by atomic mass is 19.1. The molecule has 2 aromatic rings. The van der Waals surface area contributed by atoms with Crippen molar-refractivity contribution in [1.29, 1.82) is 0 Å². The van der Waals surface area contributed by atoms with E-state index in [4.69, 9.17) is 9.84 Å². The Balaban J connectivity index is 1.62. The lowest BCUT2D eigenvalue weighted by Gasteiger charge is -2.28. The minimum absolute atomic E-state index is 0.00621. The SMILES string of the molecule is O=C(O)c1[nH]nnc1OC1CCC(c2ccc(F)cc2F)CC1. The van der Waals surface area contributed by atoms with E-state index in [1.165, 1.54) is 12.1 Å². The number of H-pyrrole nitrogens is 1. The van der Waals surface area contributed by atoms with Crippen LogP contribution in [0, 0.1) is 11.6 Å². The summed E-state index contributed by atoms with van der Waals surface area (Å²) in [5, 5.41) is 18.3. The van der Waals surface area contributed by atoms with E-state index in [1.807, 2.05) is 0 Å². The Bertz CT molecular complexity index is 712. The van der Waals surface area contributed by atoms with Gasteiger partial charge in [0, 0.05) is 6.07 Å². The van der Waals surface area contributed by atoms with Crippen molar-refractivity contribution in [2.45, 2.75) is 37.7 Å². The van der Waals surface area contributed by atoms with Crippen molar-refractivity contribution in [1.82, 2.24) is 15.4 Å². The van der Waals surface area contributed by atoms with Gasteiger partial charge in [-0.3, -0.25) is 0 Å². The van der Waals surface area contributed by atoms with Gasteiger partial charge >= 0.3 is 5.97 Å². The molecule has 23 heavy (non-hydrogen) atoms. The van der Waals surface area contributed by atoms with Crippen LogP contribution >= 0.6 is 0 Å². The van der Waals surface area contributed by atoms with Crippen molar-refractivity contribution >= 4 is 5.97 Å². The zero-order chi connectivity index (χ0) is 16.4. The molecule has 0 amide bonds. The zero-order valence-corrected chi connectivity index (χ0v) is 12.1. The molecule has 1 aliphatic rings. The van der Waals surface area contributed by atoms with Crippen LogP contribution in [0.3, 0.4) is 0 Å². The van der Waals surface area contributed by atoms with E-state index in [9.17, 15) is 13.6 Å². The topological polar surface area (TPSA) is 88.1 Å². The highest BCUT2D eigenvalue weighted by Crippen LogP contribution is 2.35. The van der Waals surface area contributed by atoms with Gasteiger partial charge in [-0.05, 0) is 43.2 Å². The lowest BCUT2D eigenvalue weighted by Crippen LogP contribution is -2.24. The number of nitrogens with one attached hydrogen (secondary N) is 1. The Morgan fingerprint density at radius 3 is 2.65 bits per heavy atom. The molecule has 0 unspecified atom stereocenters. The van der Waals surface area contributed by atoms with E-state index in [0.29, 0.717) is 31.2 Å². The summed E-state index contributed by atoms with van der Waals surface area (Å²) >= 11 is 0. The second kappa shape index (κ2) is 6.31. The van der Waals surface area contributed by atoms with E-state index < -0.39 is 17.6 Å². The summed E-state index contributed by atoms with van der Waals surface area (Å²) in [6.07, 6.45) is 2.42. The van der Waals surface area contributed by atoms with Crippen molar-refractivity contribution in [2.75, 3.05) is 0 Å². The normalized spacial score (nSPS) is 21.1. The second-order valence-electron chi connectivity index (χ2n) is 5.55. The third-order valence-electron chi connectivity index (χ3n) is 4.09. The minimum atomic E-state index is -1.19. The van der Waals surface area contributed by atoms with E-state index in [1.54, 1.807) is 0 Å². The molecule has 2 N–H and O–H groups in total. The number of halogens is 2. The Morgan fingerprint density at radius 2 is 2.00 bits per heavy atom. The molecule has 122 valence electrons. The third kappa shape index (κ3) is 3.30. The Morgan fingerprint density at radius 1 is 1.26 bits per heavy atom. The van der Waals surface area contributed by atoms with E-state index in [0.717, 1.165) is 6.07 Å². The van der Waals surface area contributed by atoms with Crippen LogP contribution in [0.4, 0.5) is 8.78 Å². The van der Waals surface area contributed by atoms with Crippen LogP contribution in [0.2, 0.25) is 0 Å². The number of carboxylic acids is 1. The first-order valence-corrected chi connectivity index (χ1v) is 7.30. The summed E-state index contributed by atoms with van der Waals surface area (Å²) in [5.41, 5.74) is 0.328. The number of nitrogens with zero attached hydrogens (tertiary/aromatic N) is 2. The van der Waals surface area contributed by atoms with Crippen LogP contribution in [0.5, 0.6) is 5.88 Å². The number of ether oxygens (including phenoxy) is 1.